The minimum absolute atomic E-state index is 0.463. The lowest BCUT2D eigenvalue weighted by atomic mass is 10.2. The van der Waals surface area contributed by atoms with Crippen LogP contribution in [0.25, 0.3) is 0 Å². The fourth-order valence-electron chi connectivity index (χ4n) is 1.71. The number of hydrogen-bond donors (Lipinski definition) is 2. The minimum atomic E-state index is -0.886. The monoisotopic (exact) mass is 349 g/mol. The Kier molecular flexibility index (Phi) is 5.73. The molecule has 0 spiro atoms. The van der Waals surface area contributed by atoms with Crippen molar-refractivity contribution in [1.29, 1.82) is 0 Å². The van der Waals surface area contributed by atoms with Crippen LogP contribution in [0.15, 0.2) is 47.6 Å². The van der Waals surface area contributed by atoms with Gasteiger partial charge in [0.15, 0.2) is 0 Å². The molecule has 2 aromatic carbocycles. The number of nitrogens with zero attached hydrogens (tertiary/aromatic N) is 1. The number of rotatable bonds is 3. The number of amides is 2. The lowest BCUT2D eigenvalue weighted by Gasteiger charge is -2.07. The number of anilines is 1. The summed E-state index contributed by atoms with van der Waals surface area (Å²) in [5.74, 6) is -1.72. The number of halogens is 2. The molecule has 0 radical (unpaired) electrons. The standard InChI is InChI=1S/C16H13Cl2N3O2/c1-10-5-6-13(18)8-14(10)20-15(22)16(23)21-19-9-11-3-2-4-12(17)7-11/h2-9H,1H3,(H,20,22)(H,21,23). The topological polar surface area (TPSA) is 70.6 Å². The number of benzene rings is 2. The maximum absolute atomic E-state index is 11.8. The van der Waals surface area contributed by atoms with Crippen molar-refractivity contribution in [2.24, 2.45) is 5.10 Å². The van der Waals surface area contributed by atoms with Gasteiger partial charge in [-0.15, -0.1) is 0 Å². The second kappa shape index (κ2) is 7.76. The number of nitrogens with one attached hydrogen (secondary N) is 2. The third-order valence-corrected chi connectivity index (χ3v) is 3.35. The molecule has 0 heterocycles. The summed E-state index contributed by atoms with van der Waals surface area (Å²) in [5.41, 5.74) is 4.10. The Balaban J connectivity index is 1.95. The molecule has 2 amide bonds. The number of carbonyl (C=O) groups is 2. The van der Waals surface area contributed by atoms with Crippen molar-refractivity contribution in [3.05, 3.63) is 63.6 Å². The van der Waals surface area contributed by atoms with E-state index < -0.39 is 11.8 Å². The van der Waals surface area contributed by atoms with Gasteiger partial charge in [0.05, 0.1) is 6.21 Å². The van der Waals surface area contributed by atoms with Crippen LogP contribution in [0.4, 0.5) is 5.69 Å². The summed E-state index contributed by atoms with van der Waals surface area (Å²) in [6.45, 7) is 1.79. The second-order valence-electron chi connectivity index (χ2n) is 4.67. The summed E-state index contributed by atoms with van der Waals surface area (Å²) < 4.78 is 0. The van der Waals surface area contributed by atoms with E-state index in [9.17, 15) is 9.59 Å². The van der Waals surface area contributed by atoms with Crippen molar-refractivity contribution in [3.8, 4) is 0 Å². The van der Waals surface area contributed by atoms with E-state index >= 15 is 0 Å². The highest BCUT2D eigenvalue weighted by Gasteiger charge is 2.14. The van der Waals surface area contributed by atoms with Crippen LogP contribution in [0.2, 0.25) is 10.0 Å². The molecule has 0 aliphatic heterocycles. The minimum Gasteiger partial charge on any atom is -0.317 e. The highest BCUT2D eigenvalue weighted by Crippen LogP contribution is 2.19. The third-order valence-electron chi connectivity index (χ3n) is 2.88. The molecule has 0 atom stereocenters. The predicted octanol–water partition coefficient (Wildman–Crippen LogP) is 3.39. The fourth-order valence-corrected chi connectivity index (χ4v) is 2.08. The van der Waals surface area contributed by atoms with Gasteiger partial charge in [0.1, 0.15) is 0 Å². The molecule has 0 aromatic heterocycles. The van der Waals surface area contributed by atoms with Gasteiger partial charge in [-0.1, -0.05) is 41.4 Å². The maximum Gasteiger partial charge on any atom is 0.329 e. The van der Waals surface area contributed by atoms with Crippen LogP contribution in [-0.2, 0) is 9.59 Å². The normalized spacial score (nSPS) is 10.6. The number of hydrazone groups is 1. The lowest BCUT2D eigenvalue weighted by molar-refractivity contribution is -0.136. The molecule has 2 N–H and O–H groups in total. The van der Waals surface area contributed by atoms with E-state index in [4.69, 9.17) is 23.2 Å². The van der Waals surface area contributed by atoms with Crippen LogP contribution in [0.1, 0.15) is 11.1 Å². The summed E-state index contributed by atoms with van der Waals surface area (Å²) in [6.07, 6.45) is 1.39. The Morgan fingerprint density at radius 3 is 2.52 bits per heavy atom. The molecule has 2 aromatic rings. The Morgan fingerprint density at radius 1 is 1.04 bits per heavy atom. The van der Waals surface area contributed by atoms with Crippen molar-refractivity contribution in [3.63, 3.8) is 0 Å². The molecule has 23 heavy (non-hydrogen) atoms. The van der Waals surface area contributed by atoms with Crippen LogP contribution < -0.4 is 10.7 Å². The number of carbonyl (C=O) groups excluding carboxylic acids is 2. The molecule has 7 heteroatoms. The first-order chi connectivity index (χ1) is 11.0. The van der Waals surface area contributed by atoms with Gasteiger partial charge >= 0.3 is 11.8 Å². The smallest absolute Gasteiger partial charge is 0.317 e. The molecule has 0 aliphatic rings. The first kappa shape index (κ1) is 17.0. The zero-order valence-electron chi connectivity index (χ0n) is 12.1. The van der Waals surface area contributed by atoms with E-state index in [1.807, 2.05) is 0 Å². The zero-order chi connectivity index (χ0) is 16.8. The van der Waals surface area contributed by atoms with Gasteiger partial charge in [-0.3, -0.25) is 9.59 Å². The summed E-state index contributed by atoms with van der Waals surface area (Å²) >= 11 is 11.7. The number of hydrogen-bond acceptors (Lipinski definition) is 3. The molecule has 0 unspecified atom stereocenters. The van der Waals surface area contributed by atoms with Gasteiger partial charge in [-0.05, 0) is 42.3 Å². The molecule has 0 aliphatic carbocycles. The van der Waals surface area contributed by atoms with Gasteiger partial charge < -0.3 is 5.32 Å². The van der Waals surface area contributed by atoms with E-state index in [0.29, 0.717) is 21.3 Å². The quantitative estimate of drug-likeness (QED) is 0.506. The van der Waals surface area contributed by atoms with Crippen molar-refractivity contribution in [2.75, 3.05) is 5.32 Å². The second-order valence-corrected chi connectivity index (χ2v) is 5.54. The van der Waals surface area contributed by atoms with Gasteiger partial charge in [-0.25, -0.2) is 5.43 Å². The lowest BCUT2D eigenvalue weighted by Crippen LogP contribution is -2.32. The molecular weight excluding hydrogens is 337 g/mol. The molecule has 0 saturated heterocycles. The first-order valence-electron chi connectivity index (χ1n) is 6.62. The maximum atomic E-state index is 11.8. The van der Waals surface area contributed by atoms with Crippen molar-refractivity contribution in [2.45, 2.75) is 6.92 Å². The average molecular weight is 350 g/mol. The van der Waals surface area contributed by atoms with Crippen LogP contribution >= 0.6 is 23.2 Å². The Bertz CT molecular complexity index is 776. The fraction of sp³-hybridized carbons (Fsp3) is 0.0625. The average Bonchev–Trinajstić information content (AvgIpc) is 2.51. The largest absolute Gasteiger partial charge is 0.329 e. The molecule has 2 rings (SSSR count). The molecule has 5 nitrogen and oxygen atoms in total. The predicted molar refractivity (Wildman–Crippen MR) is 92.0 cm³/mol. The molecule has 0 saturated carbocycles. The summed E-state index contributed by atoms with van der Waals surface area (Å²) in [4.78, 5) is 23.5. The Labute approximate surface area is 143 Å². The van der Waals surface area contributed by atoms with Crippen LogP contribution in [0, 0.1) is 6.92 Å². The third kappa shape index (κ3) is 5.09. The van der Waals surface area contributed by atoms with E-state index in [0.717, 1.165) is 5.56 Å². The first-order valence-corrected chi connectivity index (χ1v) is 7.37. The van der Waals surface area contributed by atoms with Crippen LogP contribution in [-0.4, -0.2) is 18.0 Å². The van der Waals surface area contributed by atoms with Crippen molar-refractivity contribution >= 4 is 46.9 Å². The van der Waals surface area contributed by atoms with Crippen molar-refractivity contribution in [1.82, 2.24) is 5.43 Å². The molecule has 0 bridgehead atoms. The highest BCUT2D eigenvalue weighted by atomic mass is 35.5. The number of aryl methyl sites for hydroxylation is 1. The molecule has 0 fully saturated rings. The highest BCUT2D eigenvalue weighted by molar-refractivity contribution is 6.40. The SMILES string of the molecule is Cc1ccc(Cl)cc1NC(=O)C(=O)NN=Cc1cccc(Cl)c1. The van der Waals surface area contributed by atoms with Gasteiger partial charge in [0.25, 0.3) is 0 Å². The van der Waals surface area contributed by atoms with Crippen LogP contribution in [0.5, 0.6) is 0 Å². The van der Waals surface area contributed by atoms with Gasteiger partial charge in [0.2, 0.25) is 0 Å². The van der Waals surface area contributed by atoms with Gasteiger partial charge in [0, 0.05) is 15.7 Å². The van der Waals surface area contributed by atoms with E-state index in [-0.39, 0.29) is 0 Å². The zero-order valence-corrected chi connectivity index (χ0v) is 13.7. The molecule has 118 valence electrons. The van der Waals surface area contributed by atoms with E-state index in [1.54, 1.807) is 49.4 Å². The van der Waals surface area contributed by atoms with Crippen LogP contribution in [0.3, 0.4) is 0 Å². The Morgan fingerprint density at radius 2 is 1.78 bits per heavy atom. The van der Waals surface area contributed by atoms with Crippen molar-refractivity contribution < 1.29 is 9.59 Å². The van der Waals surface area contributed by atoms with E-state index in [1.165, 1.54) is 6.21 Å². The van der Waals surface area contributed by atoms with E-state index in [2.05, 4.69) is 15.8 Å². The summed E-state index contributed by atoms with van der Waals surface area (Å²) in [5, 5.41) is 7.21. The Hall–Kier alpha value is -2.37. The molecular formula is C16H13Cl2N3O2. The van der Waals surface area contributed by atoms with Gasteiger partial charge in [-0.2, -0.15) is 5.10 Å². The summed E-state index contributed by atoms with van der Waals surface area (Å²) in [6, 6.07) is 11.9. The summed E-state index contributed by atoms with van der Waals surface area (Å²) in [7, 11) is 0.